The first kappa shape index (κ1) is 17.8. The molecule has 1 amide bonds. The number of nitrogens with one attached hydrogen (secondary N) is 1. The minimum absolute atomic E-state index is 0.0919. The van der Waals surface area contributed by atoms with Gasteiger partial charge in [-0.25, -0.2) is 4.98 Å². The molecule has 0 saturated heterocycles. The topological polar surface area (TPSA) is 64.4 Å². The standard InChI is InChI=1S/C23H20N2O3/c1-15(2)27-19-12-10-16(11-13-19)22(26)24-18-7-5-6-17(14-18)23-25-20-8-3-4-9-21(20)28-23/h3-15H,1-2H3,(H,24,26). The van der Waals surface area contributed by atoms with Crippen LogP contribution in [-0.2, 0) is 0 Å². The van der Waals surface area contributed by atoms with E-state index < -0.39 is 0 Å². The van der Waals surface area contributed by atoms with Gasteiger partial charge in [0.25, 0.3) is 5.91 Å². The molecule has 1 heterocycles. The van der Waals surface area contributed by atoms with E-state index in [1.54, 1.807) is 24.3 Å². The predicted octanol–water partition coefficient (Wildman–Crippen LogP) is 5.53. The van der Waals surface area contributed by atoms with Crippen LogP contribution in [0.2, 0.25) is 0 Å². The highest BCUT2D eigenvalue weighted by Gasteiger charge is 2.11. The van der Waals surface area contributed by atoms with E-state index in [4.69, 9.17) is 9.15 Å². The Morgan fingerprint density at radius 1 is 1.00 bits per heavy atom. The number of carbonyl (C=O) groups excluding carboxylic acids is 1. The van der Waals surface area contributed by atoms with Crippen LogP contribution in [-0.4, -0.2) is 17.0 Å². The second-order valence-corrected chi connectivity index (χ2v) is 6.71. The van der Waals surface area contributed by atoms with Crippen molar-refractivity contribution < 1.29 is 13.9 Å². The summed E-state index contributed by atoms with van der Waals surface area (Å²) in [6.45, 7) is 3.93. The lowest BCUT2D eigenvalue weighted by molar-refractivity contribution is 0.102. The highest BCUT2D eigenvalue weighted by molar-refractivity contribution is 6.04. The maximum atomic E-state index is 12.5. The van der Waals surface area contributed by atoms with Crippen LogP contribution in [0.15, 0.2) is 77.2 Å². The van der Waals surface area contributed by atoms with Crippen molar-refractivity contribution >= 4 is 22.7 Å². The number of hydrogen-bond acceptors (Lipinski definition) is 4. The van der Waals surface area contributed by atoms with Crippen molar-refractivity contribution in [2.24, 2.45) is 0 Å². The van der Waals surface area contributed by atoms with E-state index >= 15 is 0 Å². The molecular formula is C23H20N2O3. The zero-order valence-electron chi connectivity index (χ0n) is 15.7. The molecule has 0 aliphatic heterocycles. The van der Waals surface area contributed by atoms with Gasteiger partial charge in [0.15, 0.2) is 5.58 Å². The lowest BCUT2D eigenvalue weighted by Gasteiger charge is -2.10. The molecule has 0 atom stereocenters. The van der Waals surface area contributed by atoms with Gasteiger partial charge in [0.2, 0.25) is 5.89 Å². The zero-order chi connectivity index (χ0) is 19.5. The van der Waals surface area contributed by atoms with Crippen molar-refractivity contribution in [1.82, 2.24) is 4.98 Å². The number of benzene rings is 3. The fourth-order valence-corrected chi connectivity index (χ4v) is 2.89. The molecule has 3 aromatic carbocycles. The van der Waals surface area contributed by atoms with Crippen LogP contribution in [0.4, 0.5) is 5.69 Å². The summed E-state index contributed by atoms with van der Waals surface area (Å²) in [5.74, 6) is 1.07. The number of hydrogen-bond donors (Lipinski definition) is 1. The third-order valence-corrected chi connectivity index (χ3v) is 4.15. The number of anilines is 1. The van der Waals surface area contributed by atoms with E-state index in [-0.39, 0.29) is 12.0 Å². The Hall–Kier alpha value is -3.60. The predicted molar refractivity (Wildman–Crippen MR) is 110 cm³/mol. The van der Waals surface area contributed by atoms with E-state index in [1.807, 2.05) is 62.4 Å². The molecule has 0 fully saturated rings. The third kappa shape index (κ3) is 3.88. The maximum Gasteiger partial charge on any atom is 0.255 e. The number of para-hydroxylation sites is 2. The van der Waals surface area contributed by atoms with Crippen molar-refractivity contribution in [2.45, 2.75) is 20.0 Å². The van der Waals surface area contributed by atoms with Crippen LogP contribution in [0.3, 0.4) is 0 Å². The van der Waals surface area contributed by atoms with E-state index in [9.17, 15) is 4.79 Å². The van der Waals surface area contributed by atoms with E-state index in [0.717, 1.165) is 22.4 Å². The zero-order valence-corrected chi connectivity index (χ0v) is 15.7. The van der Waals surface area contributed by atoms with Crippen LogP contribution in [0.25, 0.3) is 22.6 Å². The van der Waals surface area contributed by atoms with Gasteiger partial charge >= 0.3 is 0 Å². The molecule has 0 unspecified atom stereocenters. The number of aromatic nitrogens is 1. The molecule has 1 aromatic heterocycles. The van der Waals surface area contributed by atoms with E-state index in [0.29, 0.717) is 17.1 Å². The molecule has 1 N–H and O–H groups in total. The van der Waals surface area contributed by atoms with Gasteiger partial charge in [0, 0.05) is 16.8 Å². The summed E-state index contributed by atoms with van der Waals surface area (Å²) in [6, 6.07) is 22.1. The van der Waals surface area contributed by atoms with Crippen LogP contribution in [0.1, 0.15) is 24.2 Å². The molecule has 0 spiro atoms. The Kier molecular flexibility index (Phi) is 4.81. The average molecular weight is 372 g/mol. The molecule has 0 aliphatic rings. The first-order chi connectivity index (χ1) is 13.6. The Morgan fingerprint density at radius 3 is 2.54 bits per heavy atom. The maximum absolute atomic E-state index is 12.5. The van der Waals surface area contributed by atoms with Crippen LogP contribution >= 0.6 is 0 Å². The summed E-state index contributed by atoms with van der Waals surface area (Å²) >= 11 is 0. The van der Waals surface area contributed by atoms with Crippen LogP contribution in [0, 0.1) is 0 Å². The number of amides is 1. The normalized spacial score (nSPS) is 11.0. The summed E-state index contributed by atoms with van der Waals surface area (Å²) in [6.07, 6.45) is 0.0919. The van der Waals surface area contributed by atoms with Gasteiger partial charge in [-0.1, -0.05) is 18.2 Å². The summed E-state index contributed by atoms with van der Waals surface area (Å²) < 4.78 is 11.4. The average Bonchev–Trinajstić information content (AvgIpc) is 3.12. The van der Waals surface area contributed by atoms with Gasteiger partial charge in [-0.15, -0.1) is 0 Å². The SMILES string of the molecule is CC(C)Oc1ccc(C(=O)Nc2cccc(-c3nc4ccccc4o3)c2)cc1. The molecular weight excluding hydrogens is 352 g/mol. The molecule has 0 bridgehead atoms. The van der Waals surface area contributed by atoms with Crippen molar-refractivity contribution in [2.75, 3.05) is 5.32 Å². The first-order valence-electron chi connectivity index (χ1n) is 9.12. The van der Waals surface area contributed by atoms with Gasteiger partial charge in [0.1, 0.15) is 11.3 Å². The van der Waals surface area contributed by atoms with Crippen molar-refractivity contribution in [1.29, 1.82) is 0 Å². The molecule has 4 aromatic rings. The highest BCUT2D eigenvalue weighted by Crippen LogP contribution is 2.26. The highest BCUT2D eigenvalue weighted by atomic mass is 16.5. The minimum atomic E-state index is -0.189. The summed E-state index contributed by atoms with van der Waals surface area (Å²) in [5, 5.41) is 2.91. The monoisotopic (exact) mass is 372 g/mol. The van der Waals surface area contributed by atoms with E-state index in [1.165, 1.54) is 0 Å². The number of carbonyl (C=O) groups is 1. The second kappa shape index (κ2) is 7.56. The van der Waals surface area contributed by atoms with Gasteiger partial charge < -0.3 is 14.5 Å². The number of rotatable bonds is 5. The number of fused-ring (bicyclic) bond motifs is 1. The van der Waals surface area contributed by atoms with Crippen molar-refractivity contribution in [3.63, 3.8) is 0 Å². The molecule has 0 aliphatic carbocycles. The largest absolute Gasteiger partial charge is 0.491 e. The minimum Gasteiger partial charge on any atom is -0.491 e. The fourth-order valence-electron chi connectivity index (χ4n) is 2.89. The smallest absolute Gasteiger partial charge is 0.255 e. The molecule has 0 saturated carbocycles. The Morgan fingerprint density at radius 2 is 1.79 bits per heavy atom. The lowest BCUT2D eigenvalue weighted by Crippen LogP contribution is -2.12. The Bertz CT molecular complexity index is 1080. The van der Waals surface area contributed by atoms with Gasteiger partial charge in [0.05, 0.1) is 6.10 Å². The van der Waals surface area contributed by atoms with Crippen molar-refractivity contribution in [3.8, 4) is 17.2 Å². The molecule has 5 heteroatoms. The fraction of sp³-hybridized carbons (Fsp3) is 0.130. The van der Waals surface area contributed by atoms with Gasteiger partial charge in [-0.2, -0.15) is 0 Å². The number of ether oxygens (including phenoxy) is 1. The van der Waals surface area contributed by atoms with E-state index in [2.05, 4.69) is 10.3 Å². The van der Waals surface area contributed by atoms with Gasteiger partial charge in [-0.3, -0.25) is 4.79 Å². The second-order valence-electron chi connectivity index (χ2n) is 6.71. The molecule has 28 heavy (non-hydrogen) atoms. The Balaban J connectivity index is 1.52. The lowest BCUT2D eigenvalue weighted by atomic mass is 10.1. The first-order valence-corrected chi connectivity index (χ1v) is 9.12. The Labute approximate surface area is 163 Å². The summed E-state index contributed by atoms with van der Waals surface area (Å²) in [7, 11) is 0. The number of oxazole rings is 1. The molecule has 0 radical (unpaired) electrons. The van der Waals surface area contributed by atoms with Gasteiger partial charge in [-0.05, 0) is 68.4 Å². The van der Waals surface area contributed by atoms with Crippen LogP contribution < -0.4 is 10.1 Å². The quantitative estimate of drug-likeness (QED) is 0.500. The molecule has 140 valence electrons. The number of nitrogens with zero attached hydrogens (tertiary/aromatic N) is 1. The van der Waals surface area contributed by atoms with Crippen LogP contribution in [0.5, 0.6) is 5.75 Å². The third-order valence-electron chi connectivity index (χ3n) is 4.15. The summed E-state index contributed by atoms with van der Waals surface area (Å²) in [5.41, 5.74) is 3.57. The molecule has 4 rings (SSSR count). The molecule has 5 nitrogen and oxygen atoms in total. The van der Waals surface area contributed by atoms with Crippen molar-refractivity contribution in [3.05, 3.63) is 78.4 Å². The summed E-state index contributed by atoms with van der Waals surface area (Å²) in [4.78, 5) is 17.0.